The number of hydrogen-bond donors (Lipinski definition) is 1. The van der Waals surface area contributed by atoms with E-state index in [0.29, 0.717) is 26.2 Å². The van der Waals surface area contributed by atoms with Crippen LogP contribution in [0.2, 0.25) is 0 Å². The van der Waals surface area contributed by atoms with Crippen molar-refractivity contribution in [1.29, 1.82) is 0 Å². The van der Waals surface area contributed by atoms with Gasteiger partial charge in [0.05, 0.1) is 25.8 Å². The highest BCUT2D eigenvalue weighted by molar-refractivity contribution is 5.79. The second kappa shape index (κ2) is 10.1. The lowest BCUT2D eigenvalue weighted by Gasteiger charge is -2.24. The van der Waals surface area contributed by atoms with Crippen molar-refractivity contribution in [3.05, 3.63) is 51.6 Å². The first kappa shape index (κ1) is 21.6. The predicted molar refractivity (Wildman–Crippen MR) is 117 cm³/mol. The minimum atomic E-state index is -0.0620. The molecule has 0 saturated carbocycles. The van der Waals surface area contributed by atoms with Crippen LogP contribution in [0, 0.1) is 0 Å². The summed E-state index contributed by atoms with van der Waals surface area (Å²) in [6.07, 6.45) is 3.22. The molecule has 1 fully saturated rings. The monoisotopic (exact) mass is 426 g/mol. The van der Waals surface area contributed by atoms with E-state index in [1.54, 1.807) is 11.8 Å². The number of ether oxygens (including phenoxy) is 2. The van der Waals surface area contributed by atoms with Gasteiger partial charge in [-0.2, -0.15) is 0 Å². The molecule has 0 unspecified atom stereocenters. The van der Waals surface area contributed by atoms with Gasteiger partial charge in [-0.1, -0.05) is 13.0 Å². The molecule has 0 aliphatic carbocycles. The molecule has 166 valence electrons. The van der Waals surface area contributed by atoms with Gasteiger partial charge in [-0.15, -0.1) is 5.10 Å². The fraction of sp³-hybridized carbons (Fsp3) is 0.545. The van der Waals surface area contributed by atoms with Crippen molar-refractivity contribution in [2.24, 2.45) is 0 Å². The van der Waals surface area contributed by atoms with Crippen molar-refractivity contribution >= 4 is 10.9 Å². The largest absolute Gasteiger partial charge is 0.383 e. The molecular formula is C22H30N6O3. The number of nitrogens with one attached hydrogen (secondary N) is 1. The van der Waals surface area contributed by atoms with Gasteiger partial charge in [0.1, 0.15) is 0 Å². The molecule has 1 aliphatic rings. The van der Waals surface area contributed by atoms with Crippen LogP contribution in [-0.2, 0) is 35.5 Å². The van der Waals surface area contributed by atoms with Crippen LogP contribution in [-0.4, -0.2) is 63.1 Å². The molecule has 4 rings (SSSR count). The molecule has 3 aromatic rings. The molecule has 9 nitrogen and oxygen atoms in total. The molecule has 0 radical (unpaired) electrons. The van der Waals surface area contributed by atoms with Gasteiger partial charge in [0.2, 0.25) is 0 Å². The van der Waals surface area contributed by atoms with E-state index in [-0.39, 0.29) is 11.7 Å². The first-order valence-corrected chi connectivity index (χ1v) is 10.9. The number of aromatic amines is 1. The Morgan fingerprint density at radius 3 is 3.00 bits per heavy atom. The standard InChI is InChI=1S/C22H30N6O3/c1-3-16-6-7-20-17(11-16)12-18(22(29)23-20)13-27(14-19-5-4-9-31-19)15-21-24-25-26-28(21)8-10-30-2/h6-7,11-12,19H,3-5,8-10,13-15H2,1-2H3,(H,23,29)/t19-/m1/s1. The zero-order chi connectivity index (χ0) is 21.6. The summed E-state index contributed by atoms with van der Waals surface area (Å²) < 4.78 is 12.8. The Morgan fingerprint density at radius 1 is 1.32 bits per heavy atom. The zero-order valence-corrected chi connectivity index (χ0v) is 18.2. The summed E-state index contributed by atoms with van der Waals surface area (Å²) in [6.45, 7) is 5.80. The summed E-state index contributed by atoms with van der Waals surface area (Å²) in [6, 6.07) is 8.18. The number of pyridine rings is 1. The van der Waals surface area contributed by atoms with Crippen molar-refractivity contribution in [3.63, 3.8) is 0 Å². The lowest BCUT2D eigenvalue weighted by atomic mass is 10.1. The molecule has 0 spiro atoms. The number of aryl methyl sites for hydroxylation is 1. The Morgan fingerprint density at radius 2 is 2.23 bits per heavy atom. The van der Waals surface area contributed by atoms with Crippen LogP contribution in [0.25, 0.3) is 10.9 Å². The minimum absolute atomic E-state index is 0.0620. The number of methoxy groups -OCH3 is 1. The highest BCUT2D eigenvalue weighted by Crippen LogP contribution is 2.18. The molecule has 1 atom stereocenters. The second-order valence-corrected chi connectivity index (χ2v) is 8.01. The minimum Gasteiger partial charge on any atom is -0.383 e. The maximum absolute atomic E-state index is 12.8. The fourth-order valence-electron chi connectivity index (χ4n) is 4.03. The average Bonchev–Trinajstić information content (AvgIpc) is 3.44. The van der Waals surface area contributed by atoms with Crippen LogP contribution < -0.4 is 5.56 Å². The number of rotatable bonds is 10. The summed E-state index contributed by atoms with van der Waals surface area (Å²) in [7, 11) is 1.66. The molecule has 0 amide bonds. The van der Waals surface area contributed by atoms with Gasteiger partial charge >= 0.3 is 0 Å². The zero-order valence-electron chi connectivity index (χ0n) is 18.2. The van der Waals surface area contributed by atoms with Crippen molar-refractivity contribution in [2.75, 3.05) is 26.9 Å². The summed E-state index contributed by atoms with van der Waals surface area (Å²) in [4.78, 5) is 18.0. The van der Waals surface area contributed by atoms with Crippen LogP contribution >= 0.6 is 0 Å². The molecule has 1 saturated heterocycles. The molecular weight excluding hydrogens is 396 g/mol. The lowest BCUT2D eigenvalue weighted by molar-refractivity contribution is 0.0660. The van der Waals surface area contributed by atoms with Gasteiger partial charge in [0.15, 0.2) is 5.82 Å². The quantitative estimate of drug-likeness (QED) is 0.529. The number of nitrogens with zero attached hydrogens (tertiary/aromatic N) is 5. The van der Waals surface area contributed by atoms with Gasteiger partial charge in [-0.25, -0.2) is 4.68 Å². The lowest BCUT2D eigenvalue weighted by Crippen LogP contribution is -2.34. The summed E-state index contributed by atoms with van der Waals surface area (Å²) >= 11 is 0. The maximum Gasteiger partial charge on any atom is 0.252 e. The van der Waals surface area contributed by atoms with E-state index in [1.807, 2.05) is 12.1 Å². The molecule has 9 heteroatoms. The Bertz CT molecular complexity index is 1060. The number of benzene rings is 1. The third-order valence-electron chi connectivity index (χ3n) is 5.75. The fourth-order valence-corrected chi connectivity index (χ4v) is 4.03. The van der Waals surface area contributed by atoms with Crippen LogP contribution in [0.4, 0.5) is 0 Å². The van der Waals surface area contributed by atoms with E-state index in [1.165, 1.54) is 5.56 Å². The van der Waals surface area contributed by atoms with Crippen LogP contribution in [0.1, 0.15) is 36.7 Å². The number of aromatic nitrogens is 5. The van der Waals surface area contributed by atoms with E-state index in [0.717, 1.165) is 54.7 Å². The molecule has 1 aromatic carbocycles. The van der Waals surface area contributed by atoms with Crippen molar-refractivity contribution in [3.8, 4) is 0 Å². The van der Waals surface area contributed by atoms with Crippen LogP contribution in [0.15, 0.2) is 29.1 Å². The van der Waals surface area contributed by atoms with Crippen molar-refractivity contribution in [2.45, 2.75) is 51.9 Å². The number of H-pyrrole nitrogens is 1. The van der Waals surface area contributed by atoms with Crippen molar-refractivity contribution in [1.82, 2.24) is 30.1 Å². The van der Waals surface area contributed by atoms with Gasteiger partial charge in [0, 0.05) is 37.9 Å². The summed E-state index contributed by atoms with van der Waals surface area (Å²) in [5.41, 5.74) is 2.78. The Kier molecular flexibility index (Phi) is 7.06. The SMILES string of the molecule is CCc1ccc2[nH]c(=O)c(CN(Cc3nnnn3CCOC)C[C@H]3CCCO3)cc2c1. The number of hydrogen-bond acceptors (Lipinski definition) is 7. The topological polar surface area (TPSA) is 98.2 Å². The third-order valence-corrected chi connectivity index (χ3v) is 5.75. The molecule has 1 aliphatic heterocycles. The highest BCUT2D eigenvalue weighted by atomic mass is 16.5. The second-order valence-electron chi connectivity index (χ2n) is 8.01. The van der Waals surface area contributed by atoms with Gasteiger partial charge in [-0.05, 0) is 58.8 Å². The molecule has 3 heterocycles. The van der Waals surface area contributed by atoms with Crippen LogP contribution in [0.5, 0.6) is 0 Å². The smallest absolute Gasteiger partial charge is 0.252 e. The van der Waals surface area contributed by atoms with E-state index >= 15 is 0 Å². The number of tetrazole rings is 1. The first-order valence-electron chi connectivity index (χ1n) is 10.9. The third kappa shape index (κ3) is 5.36. The van der Waals surface area contributed by atoms with Gasteiger partial charge < -0.3 is 14.5 Å². The summed E-state index contributed by atoms with van der Waals surface area (Å²) in [5, 5.41) is 13.1. The van der Waals surface area contributed by atoms with E-state index in [2.05, 4.69) is 44.5 Å². The number of fused-ring (bicyclic) bond motifs is 1. The summed E-state index contributed by atoms with van der Waals surface area (Å²) in [5.74, 6) is 0.750. The normalized spacial score (nSPS) is 16.5. The molecule has 1 N–H and O–H groups in total. The Labute approximate surface area is 181 Å². The Balaban J connectivity index is 1.59. The van der Waals surface area contributed by atoms with Gasteiger partial charge in [0.25, 0.3) is 5.56 Å². The molecule has 0 bridgehead atoms. The van der Waals surface area contributed by atoms with Gasteiger partial charge in [-0.3, -0.25) is 9.69 Å². The predicted octanol–water partition coefficient (Wildman–Crippen LogP) is 1.90. The Hall–Kier alpha value is -2.62. The van der Waals surface area contributed by atoms with E-state index in [9.17, 15) is 4.79 Å². The maximum atomic E-state index is 12.8. The molecule has 2 aromatic heterocycles. The first-order chi connectivity index (χ1) is 15.2. The van der Waals surface area contributed by atoms with Crippen molar-refractivity contribution < 1.29 is 9.47 Å². The van der Waals surface area contributed by atoms with E-state index < -0.39 is 0 Å². The highest BCUT2D eigenvalue weighted by Gasteiger charge is 2.22. The van der Waals surface area contributed by atoms with Crippen LogP contribution in [0.3, 0.4) is 0 Å². The van der Waals surface area contributed by atoms with E-state index in [4.69, 9.17) is 9.47 Å². The average molecular weight is 427 g/mol. The molecule has 31 heavy (non-hydrogen) atoms.